The summed E-state index contributed by atoms with van der Waals surface area (Å²) in [7, 11) is 0. The first-order valence-corrected chi connectivity index (χ1v) is 12.0. The van der Waals surface area contributed by atoms with E-state index in [1.165, 1.54) is 0 Å². The zero-order chi connectivity index (χ0) is 25.7. The highest BCUT2D eigenvalue weighted by atomic mass is 16.4. The van der Waals surface area contributed by atoms with Gasteiger partial charge in [-0.1, -0.05) is 67.6 Å². The predicted octanol–water partition coefficient (Wildman–Crippen LogP) is 5.21. The number of fused-ring (bicyclic) bond motifs is 2. The highest BCUT2D eigenvalue weighted by molar-refractivity contribution is 5.99. The number of aromatic amines is 1. The van der Waals surface area contributed by atoms with Crippen molar-refractivity contribution in [2.45, 2.75) is 33.2 Å². The van der Waals surface area contributed by atoms with E-state index >= 15 is 0 Å². The number of para-hydroxylation sites is 2. The van der Waals surface area contributed by atoms with Crippen molar-refractivity contribution in [2.75, 3.05) is 6.54 Å². The Hall–Kier alpha value is -4.23. The molecule has 0 saturated heterocycles. The first-order chi connectivity index (χ1) is 17.5. The van der Waals surface area contributed by atoms with Crippen LogP contribution in [0.3, 0.4) is 0 Å². The van der Waals surface area contributed by atoms with Gasteiger partial charge in [0.1, 0.15) is 5.69 Å². The van der Waals surface area contributed by atoms with Crippen molar-refractivity contribution in [3.63, 3.8) is 0 Å². The molecule has 0 saturated carbocycles. The predicted molar refractivity (Wildman–Crippen MR) is 145 cm³/mol. The minimum atomic E-state index is -0.833. The molecule has 0 spiro atoms. The lowest BCUT2D eigenvalue weighted by atomic mass is 10.0. The number of aromatic nitrogens is 3. The quantitative estimate of drug-likeness (QED) is 0.307. The van der Waals surface area contributed by atoms with E-state index in [1.807, 2.05) is 42.5 Å². The molecule has 7 heteroatoms. The van der Waals surface area contributed by atoms with Gasteiger partial charge in [0.25, 0.3) is 11.5 Å². The highest BCUT2D eigenvalue weighted by Crippen LogP contribution is 2.35. The number of rotatable bonds is 6. The summed E-state index contributed by atoms with van der Waals surface area (Å²) in [5.41, 5.74) is 12.9. The van der Waals surface area contributed by atoms with Gasteiger partial charge >= 0.3 is 0 Å². The first-order valence-electron chi connectivity index (χ1n) is 12.0. The number of carboxylic acids is 1. The summed E-state index contributed by atoms with van der Waals surface area (Å²) in [5, 5.41) is 8.47. The van der Waals surface area contributed by atoms with Crippen molar-refractivity contribution in [2.24, 2.45) is 5.73 Å². The number of aliphatic carboxylic acids is 1. The fraction of sp³-hybridized carbons (Fsp3) is 0.207. The first kappa shape index (κ1) is 24.9. The van der Waals surface area contributed by atoms with Gasteiger partial charge in [0.2, 0.25) is 0 Å². The number of nitrogens with two attached hydrogens (primary N) is 1. The van der Waals surface area contributed by atoms with Crippen LogP contribution in [0.4, 0.5) is 0 Å². The maximum Gasteiger partial charge on any atom is 0.300 e. The standard InChI is InChI=1S/C27H26N4O.C2H4O2/c1-2-22-24(20-12-6-7-15-23(20)31(22)17-9-16-28)26-27(32)29-21-14-8-13-19(25(21)30-26)18-10-4-3-5-11-18;1-2(3)4/h3-8,10-15H,2,9,16-17,28H2,1H3,(H,29,32);1H3,(H,3,4). The average Bonchev–Trinajstić information content (AvgIpc) is 3.20. The minimum Gasteiger partial charge on any atom is -0.481 e. The normalized spacial score (nSPS) is 10.9. The maximum atomic E-state index is 13.3. The van der Waals surface area contributed by atoms with E-state index in [0.29, 0.717) is 12.2 Å². The average molecular weight is 483 g/mol. The second-order valence-corrected chi connectivity index (χ2v) is 8.49. The van der Waals surface area contributed by atoms with E-state index in [4.69, 9.17) is 20.6 Å². The SMILES string of the molecule is CC(=O)O.CCc1c(-c2nc3c(-c4ccccc4)cccc3[nH]c2=O)c2ccccc2n1CCCN. The Morgan fingerprint density at radius 3 is 2.42 bits per heavy atom. The number of hydrogen-bond acceptors (Lipinski definition) is 4. The van der Waals surface area contributed by atoms with Crippen LogP contribution in [0.15, 0.2) is 77.6 Å². The molecule has 0 bridgehead atoms. The number of benzene rings is 3. The summed E-state index contributed by atoms with van der Waals surface area (Å²) < 4.78 is 2.30. The lowest BCUT2D eigenvalue weighted by Gasteiger charge is -2.11. The molecule has 0 aliphatic carbocycles. The molecule has 0 fully saturated rings. The molecule has 0 atom stereocenters. The maximum absolute atomic E-state index is 13.3. The van der Waals surface area contributed by atoms with Crippen LogP contribution in [0.1, 0.15) is 26.0 Å². The van der Waals surface area contributed by atoms with Crippen LogP contribution < -0.4 is 11.3 Å². The van der Waals surface area contributed by atoms with Crippen LogP contribution >= 0.6 is 0 Å². The Bertz CT molecular complexity index is 1560. The number of nitrogens with one attached hydrogen (secondary N) is 1. The number of hydrogen-bond donors (Lipinski definition) is 3. The molecule has 184 valence electrons. The van der Waals surface area contributed by atoms with Crippen molar-refractivity contribution in [3.8, 4) is 22.4 Å². The molecular weight excluding hydrogens is 452 g/mol. The molecule has 0 amide bonds. The van der Waals surface area contributed by atoms with Crippen LogP contribution in [0.2, 0.25) is 0 Å². The topological polar surface area (TPSA) is 114 Å². The van der Waals surface area contributed by atoms with Crippen molar-refractivity contribution in [1.82, 2.24) is 14.5 Å². The Morgan fingerprint density at radius 1 is 1.03 bits per heavy atom. The van der Waals surface area contributed by atoms with E-state index in [0.717, 1.165) is 70.6 Å². The van der Waals surface area contributed by atoms with E-state index in [-0.39, 0.29) is 5.56 Å². The number of H-pyrrole nitrogens is 1. The Morgan fingerprint density at radius 2 is 1.72 bits per heavy atom. The number of carbonyl (C=O) groups is 1. The van der Waals surface area contributed by atoms with Crippen LogP contribution in [0.25, 0.3) is 44.3 Å². The lowest BCUT2D eigenvalue weighted by molar-refractivity contribution is -0.134. The molecule has 7 nitrogen and oxygen atoms in total. The fourth-order valence-electron chi connectivity index (χ4n) is 4.62. The second kappa shape index (κ2) is 11.0. The van der Waals surface area contributed by atoms with Gasteiger partial charge < -0.3 is 20.4 Å². The molecule has 0 aliphatic heterocycles. The smallest absolute Gasteiger partial charge is 0.300 e. The van der Waals surface area contributed by atoms with Crippen LogP contribution in [-0.4, -0.2) is 32.2 Å². The molecule has 3 aromatic carbocycles. The monoisotopic (exact) mass is 482 g/mol. The molecule has 0 aliphatic rings. The third-order valence-corrected chi connectivity index (χ3v) is 6.04. The van der Waals surface area contributed by atoms with Crippen molar-refractivity contribution < 1.29 is 9.90 Å². The lowest BCUT2D eigenvalue weighted by Crippen LogP contribution is -2.13. The van der Waals surface area contributed by atoms with E-state index in [9.17, 15) is 4.79 Å². The minimum absolute atomic E-state index is 0.167. The molecule has 2 heterocycles. The van der Waals surface area contributed by atoms with Gasteiger partial charge in [0, 0.05) is 41.2 Å². The molecule has 0 unspecified atom stereocenters. The highest BCUT2D eigenvalue weighted by Gasteiger charge is 2.21. The molecule has 4 N–H and O–H groups in total. The third-order valence-electron chi connectivity index (χ3n) is 6.04. The van der Waals surface area contributed by atoms with Gasteiger partial charge in [-0.3, -0.25) is 9.59 Å². The molecule has 36 heavy (non-hydrogen) atoms. The summed E-state index contributed by atoms with van der Waals surface area (Å²) in [6.45, 7) is 4.66. The molecule has 5 aromatic rings. The molecular formula is C29H30N4O3. The second-order valence-electron chi connectivity index (χ2n) is 8.49. The van der Waals surface area contributed by atoms with Crippen molar-refractivity contribution in [1.29, 1.82) is 0 Å². The van der Waals surface area contributed by atoms with Crippen LogP contribution in [-0.2, 0) is 17.8 Å². The summed E-state index contributed by atoms with van der Waals surface area (Å²) in [6.07, 6.45) is 1.68. The Labute approximate surface area is 209 Å². The van der Waals surface area contributed by atoms with Gasteiger partial charge in [-0.2, -0.15) is 0 Å². The van der Waals surface area contributed by atoms with Gasteiger partial charge in [-0.25, -0.2) is 4.98 Å². The zero-order valence-corrected chi connectivity index (χ0v) is 20.5. The Kier molecular flexibility index (Phi) is 7.61. The van der Waals surface area contributed by atoms with E-state index < -0.39 is 5.97 Å². The zero-order valence-electron chi connectivity index (χ0n) is 20.5. The van der Waals surface area contributed by atoms with Crippen LogP contribution in [0, 0.1) is 0 Å². The van der Waals surface area contributed by atoms with Crippen molar-refractivity contribution in [3.05, 3.63) is 88.8 Å². The number of carboxylic acid groups (broad SMARTS) is 1. The van der Waals surface area contributed by atoms with E-state index in [1.54, 1.807) is 0 Å². The van der Waals surface area contributed by atoms with Gasteiger partial charge in [-0.05, 0) is 37.1 Å². The van der Waals surface area contributed by atoms with Crippen molar-refractivity contribution >= 4 is 27.9 Å². The summed E-state index contributed by atoms with van der Waals surface area (Å²) in [4.78, 5) is 30.3. The number of nitrogens with zero attached hydrogens (tertiary/aromatic N) is 2. The third kappa shape index (κ3) is 4.92. The molecule has 5 rings (SSSR count). The van der Waals surface area contributed by atoms with Gasteiger partial charge in [0.05, 0.1) is 11.0 Å². The van der Waals surface area contributed by atoms with Crippen LogP contribution in [0.5, 0.6) is 0 Å². The van der Waals surface area contributed by atoms with E-state index in [2.05, 4.69) is 46.8 Å². The van der Waals surface area contributed by atoms with Gasteiger partial charge in [0.15, 0.2) is 0 Å². The fourth-order valence-corrected chi connectivity index (χ4v) is 4.62. The summed E-state index contributed by atoms with van der Waals surface area (Å²) in [5.74, 6) is -0.833. The summed E-state index contributed by atoms with van der Waals surface area (Å²) >= 11 is 0. The largest absolute Gasteiger partial charge is 0.481 e. The molecule has 2 aromatic heterocycles. The summed E-state index contributed by atoms with van der Waals surface area (Å²) in [6, 6.07) is 24.3. The van der Waals surface area contributed by atoms with Gasteiger partial charge in [-0.15, -0.1) is 0 Å². The Balaban J connectivity index is 0.000000709. The number of aryl methyl sites for hydroxylation is 1. The molecule has 0 radical (unpaired) electrons.